The van der Waals surface area contributed by atoms with Gasteiger partial charge in [-0.25, -0.2) is 0 Å². The van der Waals surface area contributed by atoms with Gasteiger partial charge in [0.15, 0.2) is 0 Å². The number of aryl methyl sites for hydroxylation is 1. The first-order chi connectivity index (χ1) is 14.1. The third-order valence-corrected chi connectivity index (χ3v) is 6.45. The minimum absolute atomic E-state index is 0.193. The van der Waals surface area contributed by atoms with Gasteiger partial charge in [0.05, 0.1) is 6.54 Å². The Bertz CT molecular complexity index is 845. The molecule has 4 heterocycles. The topological polar surface area (TPSA) is 87.6 Å². The van der Waals surface area contributed by atoms with Gasteiger partial charge >= 0.3 is 0 Å². The van der Waals surface area contributed by atoms with E-state index in [0.29, 0.717) is 36.7 Å². The van der Waals surface area contributed by atoms with Crippen molar-refractivity contribution in [3.63, 3.8) is 0 Å². The van der Waals surface area contributed by atoms with E-state index in [1.165, 1.54) is 0 Å². The molecule has 0 bridgehead atoms. The molecule has 2 atom stereocenters. The lowest BCUT2D eigenvalue weighted by Crippen LogP contribution is -2.56. The Kier molecular flexibility index (Phi) is 6.01. The second-order valence-electron chi connectivity index (χ2n) is 8.33. The van der Waals surface area contributed by atoms with E-state index in [1.807, 2.05) is 30.7 Å². The highest BCUT2D eigenvalue weighted by molar-refractivity contribution is 5.77. The summed E-state index contributed by atoms with van der Waals surface area (Å²) in [6, 6.07) is 4.37. The molecule has 8 nitrogen and oxygen atoms in total. The molecule has 0 aliphatic carbocycles. The first kappa shape index (κ1) is 20.1. The average molecular weight is 402 g/mol. The quantitative estimate of drug-likeness (QED) is 0.714. The second kappa shape index (κ2) is 8.67. The van der Waals surface area contributed by atoms with E-state index >= 15 is 0 Å². The van der Waals surface area contributed by atoms with Crippen LogP contribution < -0.4 is 0 Å². The predicted molar refractivity (Wildman–Crippen MR) is 108 cm³/mol. The fourth-order valence-electron chi connectivity index (χ4n) is 4.69. The number of carbonyl (C=O) groups excluding carboxylic acids is 1. The molecule has 158 valence electrons. The molecule has 0 aromatic carbocycles. The molecule has 0 unspecified atom stereocenters. The number of aliphatic hydroxyl groups excluding tert-OH is 1. The number of rotatable bonds is 7. The standard InChI is InChI=1S/C21H31N5O3/c1-15-5-7-18(24(15)2)21-23-22-19(29-21)14-25-11-9-17-16(13-25)6-8-20(28)26(17)10-3-4-12-27/h5,7,16-17,27H,3-4,6,8-14H2,1-2H3/t16-,17+/m0/s1. The van der Waals surface area contributed by atoms with Gasteiger partial charge in [-0.2, -0.15) is 0 Å². The van der Waals surface area contributed by atoms with Crippen molar-refractivity contribution < 1.29 is 14.3 Å². The number of unbranched alkanes of at least 4 members (excludes halogenated alkanes) is 1. The van der Waals surface area contributed by atoms with Gasteiger partial charge < -0.3 is 19.0 Å². The second-order valence-corrected chi connectivity index (χ2v) is 8.33. The Morgan fingerprint density at radius 2 is 2.10 bits per heavy atom. The molecule has 2 saturated heterocycles. The van der Waals surface area contributed by atoms with Crippen molar-refractivity contribution in [3.05, 3.63) is 23.7 Å². The van der Waals surface area contributed by atoms with Crippen LogP contribution in [0.15, 0.2) is 16.5 Å². The van der Waals surface area contributed by atoms with Crippen molar-refractivity contribution in [1.82, 2.24) is 24.6 Å². The lowest BCUT2D eigenvalue weighted by atomic mass is 9.83. The largest absolute Gasteiger partial charge is 0.418 e. The number of carbonyl (C=O) groups is 1. The van der Waals surface area contributed by atoms with E-state index in [0.717, 1.165) is 56.7 Å². The smallest absolute Gasteiger partial charge is 0.264 e. The number of fused-ring (bicyclic) bond motifs is 1. The molecule has 4 rings (SSSR count). The van der Waals surface area contributed by atoms with Crippen molar-refractivity contribution in [3.8, 4) is 11.6 Å². The molecule has 2 aliphatic heterocycles. The average Bonchev–Trinajstić information content (AvgIpc) is 3.30. The van der Waals surface area contributed by atoms with Crippen molar-refractivity contribution in [2.45, 2.75) is 51.6 Å². The minimum atomic E-state index is 0.193. The summed E-state index contributed by atoms with van der Waals surface area (Å²) >= 11 is 0. The molecule has 8 heteroatoms. The Balaban J connectivity index is 1.37. The lowest BCUT2D eigenvalue weighted by Gasteiger charge is -2.47. The first-order valence-electron chi connectivity index (χ1n) is 10.6. The molecule has 2 aliphatic rings. The SMILES string of the molecule is Cc1ccc(-c2nnc(CN3CC[C@@H]4[C@@H](CCC(=O)N4CCCCO)C3)o2)n1C. The van der Waals surface area contributed by atoms with Crippen molar-refractivity contribution >= 4 is 5.91 Å². The Labute approximate surface area is 171 Å². The molecule has 0 radical (unpaired) electrons. The van der Waals surface area contributed by atoms with E-state index in [2.05, 4.69) is 20.0 Å². The Morgan fingerprint density at radius 3 is 2.86 bits per heavy atom. The number of piperidine rings is 2. The van der Waals surface area contributed by atoms with Crippen molar-refractivity contribution in [2.24, 2.45) is 13.0 Å². The van der Waals surface area contributed by atoms with Crippen LogP contribution in [-0.2, 0) is 18.4 Å². The van der Waals surface area contributed by atoms with Crippen LogP contribution in [0.25, 0.3) is 11.6 Å². The molecular weight excluding hydrogens is 370 g/mol. The monoisotopic (exact) mass is 401 g/mol. The number of hydrogen-bond donors (Lipinski definition) is 1. The molecule has 0 saturated carbocycles. The van der Waals surface area contributed by atoms with Crippen LogP contribution in [0, 0.1) is 12.8 Å². The van der Waals surface area contributed by atoms with Gasteiger partial charge in [0, 0.05) is 51.4 Å². The van der Waals surface area contributed by atoms with Gasteiger partial charge in [-0.3, -0.25) is 9.69 Å². The van der Waals surface area contributed by atoms with Gasteiger partial charge in [0.1, 0.15) is 5.69 Å². The van der Waals surface area contributed by atoms with Crippen LogP contribution in [0.5, 0.6) is 0 Å². The highest BCUT2D eigenvalue weighted by Crippen LogP contribution is 2.32. The Hall–Kier alpha value is -2.19. The molecular formula is C21H31N5O3. The maximum Gasteiger partial charge on any atom is 0.264 e. The van der Waals surface area contributed by atoms with Gasteiger partial charge in [-0.15, -0.1) is 10.2 Å². The lowest BCUT2D eigenvalue weighted by molar-refractivity contribution is -0.141. The van der Waals surface area contributed by atoms with Crippen LogP contribution in [0.3, 0.4) is 0 Å². The van der Waals surface area contributed by atoms with E-state index in [9.17, 15) is 4.79 Å². The highest BCUT2D eigenvalue weighted by atomic mass is 16.4. The van der Waals surface area contributed by atoms with Crippen LogP contribution in [-0.4, -0.2) is 67.9 Å². The molecule has 2 fully saturated rings. The highest BCUT2D eigenvalue weighted by Gasteiger charge is 2.39. The van der Waals surface area contributed by atoms with Crippen LogP contribution >= 0.6 is 0 Å². The molecule has 1 amide bonds. The number of amides is 1. The zero-order valence-corrected chi connectivity index (χ0v) is 17.4. The van der Waals surface area contributed by atoms with E-state index in [1.54, 1.807) is 0 Å². The maximum absolute atomic E-state index is 12.4. The predicted octanol–water partition coefficient (Wildman–Crippen LogP) is 1.97. The van der Waals surface area contributed by atoms with Crippen LogP contribution in [0.1, 0.15) is 43.7 Å². The van der Waals surface area contributed by atoms with E-state index < -0.39 is 0 Å². The van der Waals surface area contributed by atoms with Crippen LogP contribution in [0.4, 0.5) is 0 Å². The van der Waals surface area contributed by atoms with Gasteiger partial charge in [-0.1, -0.05) is 0 Å². The number of nitrogens with zero attached hydrogens (tertiary/aromatic N) is 5. The molecule has 2 aromatic rings. The fourth-order valence-corrected chi connectivity index (χ4v) is 4.69. The summed E-state index contributed by atoms with van der Waals surface area (Å²) in [6.07, 6.45) is 4.19. The van der Waals surface area contributed by atoms with Gasteiger partial charge in [-0.05, 0) is 50.7 Å². The molecule has 29 heavy (non-hydrogen) atoms. The number of hydrogen-bond acceptors (Lipinski definition) is 6. The maximum atomic E-state index is 12.4. The summed E-state index contributed by atoms with van der Waals surface area (Å²) in [5.74, 6) is 1.97. The first-order valence-corrected chi connectivity index (χ1v) is 10.6. The van der Waals surface area contributed by atoms with Crippen LogP contribution in [0.2, 0.25) is 0 Å². The zero-order valence-electron chi connectivity index (χ0n) is 17.4. The van der Waals surface area contributed by atoms with Crippen molar-refractivity contribution in [1.29, 1.82) is 0 Å². The normalized spacial score (nSPS) is 22.9. The zero-order chi connectivity index (χ0) is 20.4. The van der Waals surface area contributed by atoms with Gasteiger partial charge in [0.2, 0.25) is 11.8 Å². The summed E-state index contributed by atoms with van der Waals surface area (Å²) in [4.78, 5) is 16.8. The summed E-state index contributed by atoms with van der Waals surface area (Å²) in [6.45, 7) is 5.54. The third kappa shape index (κ3) is 4.23. The van der Waals surface area contributed by atoms with E-state index in [-0.39, 0.29) is 12.5 Å². The summed E-state index contributed by atoms with van der Waals surface area (Å²) in [5, 5.41) is 17.5. The third-order valence-electron chi connectivity index (χ3n) is 6.45. The minimum Gasteiger partial charge on any atom is -0.418 e. The summed E-state index contributed by atoms with van der Waals surface area (Å²) in [7, 11) is 2.00. The summed E-state index contributed by atoms with van der Waals surface area (Å²) < 4.78 is 7.98. The van der Waals surface area contributed by atoms with Crippen molar-refractivity contribution in [2.75, 3.05) is 26.2 Å². The molecule has 2 aromatic heterocycles. The molecule has 0 spiro atoms. The van der Waals surface area contributed by atoms with E-state index in [4.69, 9.17) is 9.52 Å². The Morgan fingerprint density at radius 1 is 1.24 bits per heavy atom. The number of likely N-dealkylation sites (tertiary alicyclic amines) is 2. The van der Waals surface area contributed by atoms with Gasteiger partial charge in [0.25, 0.3) is 5.89 Å². The number of aliphatic hydroxyl groups is 1. The summed E-state index contributed by atoms with van der Waals surface area (Å²) in [5.41, 5.74) is 2.08. The number of aromatic nitrogens is 3. The molecule has 1 N–H and O–H groups in total. The fraction of sp³-hybridized carbons (Fsp3) is 0.667.